The smallest absolute Gasteiger partial charge is 0.169 e. The molecule has 0 unspecified atom stereocenters. The van der Waals surface area contributed by atoms with Gasteiger partial charge in [0.15, 0.2) is 5.16 Å². The van der Waals surface area contributed by atoms with Crippen LogP contribution in [0.4, 0.5) is 4.39 Å². The van der Waals surface area contributed by atoms with E-state index in [1.54, 1.807) is 23.9 Å². The molecule has 1 aliphatic rings. The van der Waals surface area contributed by atoms with E-state index in [1.807, 2.05) is 24.4 Å². The molecule has 0 radical (unpaired) electrons. The van der Waals surface area contributed by atoms with Crippen molar-refractivity contribution < 1.29 is 9.18 Å². The van der Waals surface area contributed by atoms with Crippen molar-refractivity contribution in [2.75, 3.05) is 0 Å². The number of benzene rings is 2. The summed E-state index contributed by atoms with van der Waals surface area (Å²) in [6.07, 6.45) is 4.36. The van der Waals surface area contributed by atoms with Gasteiger partial charge in [-0.15, -0.1) is 0 Å². The number of carbonyl (C=O) groups is 1. The lowest BCUT2D eigenvalue weighted by molar-refractivity contribution is -0.116. The Morgan fingerprint density at radius 3 is 2.58 bits per heavy atom. The van der Waals surface area contributed by atoms with E-state index in [1.165, 1.54) is 12.1 Å². The summed E-state index contributed by atoms with van der Waals surface area (Å²) in [5, 5.41) is 0.835. The van der Waals surface area contributed by atoms with E-state index in [-0.39, 0.29) is 11.1 Å². The third-order valence-electron chi connectivity index (χ3n) is 4.64. The fourth-order valence-corrected chi connectivity index (χ4v) is 4.45. The van der Waals surface area contributed by atoms with Gasteiger partial charge in [-0.3, -0.25) is 4.79 Å². The Morgan fingerprint density at radius 2 is 1.88 bits per heavy atom. The highest BCUT2D eigenvalue weighted by Gasteiger charge is 2.27. The van der Waals surface area contributed by atoms with Gasteiger partial charge < -0.3 is 4.57 Å². The summed E-state index contributed by atoms with van der Waals surface area (Å²) in [5.74, 6) is 0.0571. The monoisotopic (exact) mass is 366 g/mol. The van der Waals surface area contributed by atoms with Gasteiger partial charge in [0.2, 0.25) is 0 Å². The average Bonchev–Trinajstić information content (AvgIpc) is 3.24. The Morgan fingerprint density at radius 1 is 1.12 bits per heavy atom. The number of imidazole rings is 1. The first kappa shape index (κ1) is 17.0. The van der Waals surface area contributed by atoms with Crippen LogP contribution < -0.4 is 0 Å². The van der Waals surface area contributed by atoms with Crippen molar-refractivity contribution >= 4 is 17.5 Å². The van der Waals surface area contributed by atoms with Gasteiger partial charge >= 0.3 is 0 Å². The molecule has 5 heteroatoms. The molecule has 0 N–H and O–H groups in total. The average molecular weight is 366 g/mol. The second kappa shape index (κ2) is 7.46. The van der Waals surface area contributed by atoms with E-state index in [9.17, 15) is 9.18 Å². The van der Waals surface area contributed by atoms with Gasteiger partial charge in [0.05, 0.1) is 23.7 Å². The van der Waals surface area contributed by atoms with E-state index in [0.717, 1.165) is 34.8 Å². The first-order chi connectivity index (χ1) is 12.7. The second-order valence-corrected chi connectivity index (χ2v) is 7.64. The molecule has 3 nitrogen and oxygen atoms in total. The molecule has 2 aromatic carbocycles. The van der Waals surface area contributed by atoms with E-state index in [4.69, 9.17) is 0 Å². The van der Waals surface area contributed by atoms with Crippen molar-refractivity contribution in [3.8, 4) is 11.3 Å². The van der Waals surface area contributed by atoms with Crippen molar-refractivity contribution in [3.05, 3.63) is 72.2 Å². The molecule has 0 spiro atoms. The van der Waals surface area contributed by atoms with Gasteiger partial charge in [0, 0.05) is 6.42 Å². The molecule has 1 heterocycles. The molecule has 1 aromatic heterocycles. The quantitative estimate of drug-likeness (QED) is 0.641. The molecule has 4 rings (SSSR count). The normalized spacial score (nSPS) is 17.0. The minimum Gasteiger partial charge on any atom is -0.314 e. The predicted molar refractivity (Wildman–Crippen MR) is 102 cm³/mol. The summed E-state index contributed by atoms with van der Waals surface area (Å²) < 4.78 is 15.4. The molecule has 132 valence electrons. The zero-order valence-corrected chi connectivity index (χ0v) is 15.1. The Bertz CT molecular complexity index is 906. The molecule has 1 atom stereocenters. The third-order valence-corrected chi connectivity index (χ3v) is 5.96. The maximum Gasteiger partial charge on any atom is 0.169 e. The standard InChI is InChI=1S/C21H19FN2OS/c22-17-11-9-16(10-12-17)18-13-23-21(26-20-8-4-7-19(20)25)24(18)14-15-5-2-1-3-6-15/h1-3,5-6,9-13,20H,4,7-8,14H2/t20-/m0/s1. The van der Waals surface area contributed by atoms with Crippen LogP contribution in [0.5, 0.6) is 0 Å². The molecule has 1 saturated carbocycles. The molecule has 1 fully saturated rings. The van der Waals surface area contributed by atoms with Gasteiger partial charge in [-0.2, -0.15) is 0 Å². The third kappa shape index (κ3) is 3.58. The van der Waals surface area contributed by atoms with Crippen LogP contribution >= 0.6 is 11.8 Å². The van der Waals surface area contributed by atoms with Crippen LogP contribution in [0.3, 0.4) is 0 Å². The second-order valence-electron chi connectivity index (χ2n) is 6.47. The predicted octanol–water partition coefficient (Wildman–Crippen LogP) is 4.95. The number of hydrogen-bond acceptors (Lipinski definition) is 3. The summed E-state index contributed by atoms with van der Waals surface area (Å²) in [4.78, 5) is 16.7. The lowest BCUT2D eigenvalue weighted by atomic mass is 10.1. The van der Waals surface area contributed by atoms with Crippen LogP contribution in [0.1, 0.15) is 24.8 Å². The molecular weight excluding hydrogens is 347 g/mol. The van der Waals surface area contributed by atoms with Gasteiger partial charge in [-0.1, -0.05) is 42.1 Å². The Hall–Kier alpha value is -2.40. The van der Waals surface area contributed by atoms with Crippen LogP contribution in [0.2, 0.25) is 0 Å². The number of hydrogen-bond donors (Lipinski definition) is 0. The maximum absolute atomic E-state index is 13.3. The number of Topliss-reactive ketones (excluding diaryl/α,β-unsaturated/α-hetero) is 1. The number of carbonyl (C=O) groups excluding carboxylic acids is 1. The van der Waals surface area contributed by atoms with E-state index in [2.05, 4.69) is 21.7 Å². The maximum atomic E-state index is 13.3. The van der Waals surface area contributed by atoms with Gasteiger partial charge in [-0.25, -0.2) is 9.37 Å². The largest absolute Gasteiger partial charge is 0.314 e. The Kier molecular flexibility index (Phi) is 4.89. The zero-order chi connectivity index (χ0) is 17.9. The summed E-state index contributed by atoms with van der Waals surface area (Å²) in [6.45, 7) is 0.663. The van der Waals surface area contributed by atoms with Crippen molar-refractivity contribution in [2.24, 2.45) is 0 Å². The highest BCUT2D eigenvalue weighted by molar-refractivity contribution is 8.00. The summed E-state index contributed by atoms with van der Waals surface area (Å²) in [6, 6.07) is 16.6. The first-order valence-electron chi connectivity index (χ1n) is 8.75. The summed E-state index contributed by atoms with van der Waals surface area (Å²) in [7, 11) is 0. The van der Waals surface area contributed by atoms with Gasteiger partial charge in [-0.05, 0) is 48.2 Å². The molecule has 1 aliphatic carbocycles. The van der Waals surface area contributed by atoms with Crippen LogP contribution in [0.15, 0.2) is 66.0 Å². The van der Waals surface area contributed by atoms with Crippen LogP contribution in [-0.2, 0) is 11.3 Å². The summed E-state index contributed by atoms with van der Waals surface area (Å²) >= 11 is 1.55. The Balaban J connectivity index is 1.71. The van der Waals surface area contributed by atoms with E-state index < -0.39 is 0 Å². The van der Waals surface area contributed by atoms with Crippen molar-refractivity contribution in [1.29, 1.82) is 0 Å². The number of thioether (sulfide) groups is 1. The topological polar surface area (TPSA) is 34.9 Å². The summed E-state index contributed by atoms with van der Waals surface area (Å²) in [5.41, 5.74) is 3.01. The van der Waals surface area contributed by atoms with Gasteiger partial charge in [0.25, 0.3) is 0 Å². The van der Waals surface area contributed by atoms with E-state index >= 15 is 0 Å². The van der Waals surface area contributed by atoms with Crippen LogP contribution in [0, 0.1) is 5.82 Å². The number of halogens is 1. The molecule has 0 amide bonds. The van der Waals surface area contributed by atoms with Crippen LogP contribution in [-0.4, -0.2) is 20.6 Å². The molecule has 3 aromatic rings. The molecule has 0 saturated heterocycles. The van der Waals surface area contributed by atoms with Crippen LogP contribution in [0.25, 0.3) is 11.3 Å². The molecule has 0 aliphatic heterocycles. The number of nitrogens with zero attached hydrogens (tertiary/aromatic N) is 2. The Labute approximate surface area is 156 Å². The number of rotatable bonds is 5. The van der Waals surface area contributed by atoms with E-state index in [0.29, 0.717) is 18.7 Å². The zero-order valence-electron chi connectivity index (χ0n) is 14.3. The number of aromatic nitrogens is 2. The molecule has 26 heavy (non-hydrogen) atoms. The minimum atomic E-state index is -0.256. The highest BCUT2D eigenvalue weighted by atomic mass is 32.2. The number of ketones is 1. The minimum absolute atomic E-state index is 0.00649. The molecular formula is C21H19FN2OS. The first-order valence-corrected chi connectivity index (χ1v) is 9.63. The fraction of sp³-hybridized carbons (Fsp3) is 0.238. The fourth-order valence-electron chi connectivity index (χ4n) is 3.26. The molecule has 0 bridgehead atoms. The van der Waals surface area contributed by atoms with Crippen molar-refractivity contribution in [1.82, 2.24) is 9.55 Å². The lowest BCUT2D eigenvalue weighted by Gasteiger charge is -2.14. The van der Waals surface area contributed by atoms with Gasteiger partial charge in [0.1, 0.15) is 11.6 Å². The van der Waals surface area contributed by atoms with Crippen molar-refractivity contribution in [2.45, 2.75) is 36.2 Å². The lowest BCUT2D eigenvalue weighted by Crippen LogP contribution is -2.11. The highest BCUT2D eigenvalue weighted by Crippen LogP contribution is 2.34. The SMILES string of the molecule is O=C1CCC[C@@H]1Sc1ncc(-c2ccc(F)cc2)n1Cc1ccccc1. The van der Waals surface area contributed by atoms with Crippen molar-refractivity contribution in [3.63, 3.8) is 0 Å².